The van der Waals surface area contributed by atoms with E-state index < -0.39 is 0 Å². The standard InChI is InChI=1S/C16H23IN2/c1-2-19(11-12-3-5-13(17)6-4-12)16-9-14-7-8-15(10-16)18-14/h3-6,14-16,18H,2,7-11H2,1H3. The number of nitrogens with zero attached hydrogens (tertiary/aromatic N) is 1. The van der Waals surface area contributed by atoms with E-state index in [1.165, 1.54) is 34.8 Å². The van der Waals surface area contributed by atoms with Crippen LogP contribution in [0.5, 0.6) is 0 Å². The van der Waals surface area contributed by atoms with Gasteiger partial charge < -0.3 is 5.32 Å². The van der Waals surface area contributed by atoms with Crippen LogP contribution in [-0.2, 0) is 6.54 Å². The first-order valence-electron chi connectivity index (χ1n) is 7.49. The van der Waals surface area contributed by atoms with E-state index in [1.54, 1.807) is 0 Å². The molecule has 104 valence electrons. The second-order valence-electron chi connectivity index (χ2n) is 5.95. The highest BCUT2D eigenvalue weighted by atomic mass is 127. The lowest BCUT2D eigenvalue weighted by Crippen LogP contribution is -2.47. The molecule has 2 bridgehead atoms. The van der Waals surface area contributed by atoms with Crippen LogP contribution >= 0.6 is 22.6 Å². The first kappa shape index (κ1) is 13.8. The van der Waals surface area contributed by atoms with E-state index in [0.717, 1.165) is 31.2 Å². The molecule has 0 aliphatic carbocycles. The van der Waals surface area contributed by atoms with Crippen molar-refractivity contribution in [2.45, 2.75) is 57.3 Å². The summed E-state index contributed by atoms with van der Waals surface area (Å²) >= 11 is 2.37. The van der Waals surface area contributed by atoms with Gasteiger partial charge in [0.2, 0.25) is 0 Å². The van der Waals surface area contributed by atoms with Crippen molar-refractivity contribution < 1.29 is 0 Å². The van der Waals surface area contributed by atoms with E-state index in [9.17, 15) is 0 Å². The van der Waals surface area contributed by atoms with Gasteiger partial charge in [-0.15, -0.1) is 0 Å². The zero-order valence-electron chi connectivity index (χ0n) is 11.6. The van der Waals surface area contributed by atoms with Gasteiger partial charge in [0.15, 0.2) is 0 Å². The topological polar surface area (TPSA) is 15.3 Å². The van der Waals surface area contributed by atoms with Gasteiger partial charge in [-0.2, -0.15) is 0 Å². The largest absolute Gasteiger partial charge is 0.311 e. The van der Waals surface area contributed by atoms with Gasteiger partial charge in [0.1, 0.15) is 0 Å². The van der Waals surface area contributed by atoms with Crippen molar-refractivity contribution in [1.29, 1.82) is 0 Å². The van der Waals surface area contributed by atoms with Crippen molar-refractivity contribution in [1.82, 2.24) is 10.2 Å². The predicted molar refractivity (Wildman–Crippen MR) is 88.2 cm³/mol. The van der Waals surface area contributed by atoms with E-state index in [-0.39, 0.29) is 0 Å². The zero-order chi connectivity index (χ0) is 13.2. The fourth-order valence-corrected chi connectivity index (χ4v) is 4.01. The molecule has 1 aromatic rings. The molecule has 1 N–H and O–H groups in total. The fourth-order valence-electron chi connectivity index (χ4n) is 3.65. The molecule has 2 aliphatic rings. The molecule has 3 rings (SSSR count). The van der Waals surface area contributed by atoms with Crippen molar-refractivity contribution in [3.05, 3.63) is 33.4 Å². The second-order valence-corrected chi connectivity index (χ2v) is 7.20. The average Bonchev–Trinajstić information content (AvgIpc) is 2.77. The smallest absolute Gasteiger partial charge is 0.0236 e. The monoisotopic (exact) mass is 370 g/mol. The SMILES string of the molecule is CCN(Cc1ccc(I)cc1)C1CC2CCC(C1)N2. The maximum absolute atomic E-state index is 3.74. The number of nitrogens with one attached hydrogen (secondary N) is 1. The predicted octanol–water partition coefficient (Wildman–Crippen LogP) is 3.40. The van der Waals surface area contributed by atoms with Crippen molar-refractivity contribution in [3.63, 3.8) is 0 Å². The van der Waals surface area contributed by atoms with Crippen LogP contribution in [0.15, 0.2) is 24.3 Å². The number of fused-ring (bicyclic) bond motifs is 2. The molecule has 0 saturated carbocycles. The summed E-state index contributed by atoms with van der Waals surface area (Å²) < 4.78 is 1.32. The molecule has 3 heteroatoms. The van der Waals surface area contributed by atoms with Gasteiger partial charge in [0.05, 0.1) is 0 Å². The second kappa shape index (κ2) is 6.10. The lowest BCUT2D eigenvalue weighted by atomic mass is 9.97. The number of hydrogen-bond acceptors (Lipinski definition) is 2. The molecule has 0 radical (unpaired) electrons. The molecule has 2 fully saturated rings. The van der Waals surface area contributed by atoms with Crippen LogP contribution in [0.3, 0.4) is 0 Å². The van der Waals surface area contributed by atoms with Crippen molar-refractivity contribution in [2.75, 3.05) is 6.54 Å². The number of rotatable bonds is 4. The number of halogens is 1. The van der Waals surface area contributed by atoms with Crippen LogP contribution in [0.2, 0.25) is 0 Å². The van der Waals surface area contributed by atoms with E-state index in [1.807, 2.05) is 0 Å². The molecule has 19 heavy (non-hydrogen) atoms. The Balaban J connectivity index is 1.65. The minimum absolute atomic E-state index is 0.781. The Bertz CT molecular complexity index is 405. The van der Waals surface area contributed by atoms with Crippen LogP contribution in [-0.4, -0.2) is 29.6 Å². The average molecular weight is 370 g/mol. The van der Waals surface area contributed by atoms with Crippen LogP contribution < -0.4 is 5.32 Å². The molecule has 0 amide bonds. The Hall–Kier alpha value is -0.130. The van der Waals surface area contributed by atoms with Gasteiger partial charge in [0.25, 0.3) is 0 Å². The Morgan fingerprint density at radius 2 is 1.79 bits per heavy atom. The summed E-state index contributed by atoms with van der Waals surface area (Å²) in [7, 11) is 0. The summed E-state index contributed by atoms with van der Waals surface area (Å²) in [6, 6.07) is 11.3. The molecule has 0 spiro atoms. The molecule has 2 saturated heterocycles. The van der Waals surface area contributed by atoms with Crippen LogP contribution in [0.25, 0.3) is 0 Å². The van der Waals surface area contributed by atoms with E-state index in [4.69, 9.17) is 0 Å². The van der Waals surface area contributed by atoms with Gasteiger partial charge in [0, 0.05) is 28.2 Å². The minimum atomic E-state index is 0.781. The van der Waals surface area contributed by atoms with Gasteiger partial charge in [-0.05, 0) is 72.5 Å². The zero-order valence-corrected chi connectivity index (χ0v) is 13.8. The van der Waals surface area contributed by atoms with E-state index in [2.05, 4.69) is 64.0 Å². The fraction of sp³-hybridized carbons (Fsp3) is 0.625. The lowest BCUT2D eigenvalue weighted by Gasteiger charge is -2.37. The summed E-state index contributed by atoms with van der Waals surface area (Å²) in [5.74, 6) is 0. The van der Waals surface area contributed by atoms with E-state index >= 15 is 0 Å². The highest BCUT2D eigenvalue weighted by Crippen LogP contribution is 2.30. The maximum atomic E-state index is 3.74. The van der Waals surface area contributed by atoms with Crippen LogP contribution in [0.1, 0.15) is 38.2 Å². The maximum Gasteiger partial charge on any atom is 0.0236 e. The Morgan fingerprint density at radius 3 is 2.37 bits per heavy atom. The van der Waals surface area contributed by atoms with Crippen LogP contribution in [0.4, 0.5) is 0 Å². The van der Waals surface area contributed by atoms with Crippen molar-refractivity contribution in [3.8, 4) is 0 Å². The summed E-state index contributed by atoms with van der Waals surface area (Å²) in [5, 5.41) is 3.74. The Kier molecular flexibility index (Phi) is 4.44. The van der Waals surface area contributed by atoms with Crippen molar-refractivity contribution >= 4 is 22.6 Å². The number of benzene rings is 1. The first-order valence-corrected chi connectivity index (χ1v) is 8.57. The van der Waals surface area contributed by atoms with Crippen LogP contribution in [0, 0.1) is 3.57 Å². The van der Waals surface area contributed by atoms with E-state index in [0.29, 0.717) is 0 Å². The molecular formula is C16H23IN2. The molecule has 2 heterocycles. The Labute approximate surface area is 130 Å². The van der Waals surface area contributed by atoms with Gasteiger partial charge >= 0.3 is 0 Å². The van der Waals surface area contributed by atoms with Gasteiger partial charge in [-0.3, -0.25) is 4.90 Å². The third kappa shape index (κ3) is 3.31. The molecular weight excluding hydrogens is 347 g/mol. The summed E-state index contributed by atoms with van der Waals surface area (Å²) in [4.78, 5) is 2.67. The Morgan fingerprint density at radius 1 is 1.16 bits per heavy atom. The molecule has 2 unspecified atom stereocenters. The molecule has 2 atom stereocenters. The minimum Gasteiger partial charge on any atom is -0.311 e. The van der Waals surface area contributed by atoms with Gasteiger partial charge in [-0.1, -0.05) is 19.1 Å². The number of piperidine rings is 1. The summed E-state index contributed by atoms with van der Waals surface area (Å²) in [5.41, 5.74) is 1.45. The third-order valence-corrected chi connectivity index (χ3v) is 5.39. The highest BCUT2D eigenvalue weighted by Gasteiger charge is 2.35. The first-order chi connectivity index (χ1) is 9.24. The van der Waals surface area contributed by atoms with Gasteiger partial charge in [-0.25, -0.2) is 0 Å². The summed E-state index contributed by atoms with van der Waals surface area (Å²) in [6.45, 7) is 4.57. The summed E-state index contributed by atoms with van der Waals surface area (Å²) in [6.07, 6.45) is 5.47. The molecule has 2 nitrogen and oxygen atoms in total. The molecule has 2 aliphatic heterocycles. The normalized spacial score (nSPS) is 29.9. The number of hydrogen-bond donors (Lipinski definition) is 1. The quantitative estimate of drug-likeness (QED) is 0.818. The molecule has 0 aromatic heterocycles. The highest BCUT2D eigenvalue weighted by molar-refractivity contribution is 14.1. The molecule has 1 aromatic carbocycles. The van der Waals surface area contributed by atoms with Crippen molar-refractivity contribution in [2.24, 2.45) is 0 Å². The lowest BCUT2D eigenvalue weighted by molar-refractivity contribution is 0.141. The third-order valence-electron chi connectivity index (χ3n) is 4.67.